The summed E-state index contributed by atoms with van der Waals surface area (Å²) in [5.41, 5.74) is 2.52. The van der Waals surface area contributed by atoms with Gasteiger partial charge in [-0.25, -0.2) is 5.01 Å². The average Bonchev–Trinajstić information content (AvgIpc) is 2.38. The minimum Gasteiger partial charge on any atom is -0.302 e. The van der Waals surface area contributed by atoms with Crippen LogP contribution in [-0.4, -0.2) is 19.1 Å². The van der Waals surface area contributed by atoms with Crippen LogP contribution < -0.4 is 5.01 Å². The zero-order valence-electron chi connectivity index (χ0n) is 10.4. The van der Waals surface area contributed by atoms with Crippen molar-refractivity contribution in [3.05, 3.63) is 66.2 Å². The smallest absolute Gasteiger partial charge is 0.0597 e. The number of anilines is 1. The maximum absolute atomic E-state index is 2.25. The fourth-order valence-electron chi connectivity index (χ4n) is 1.82. The Morgan fingerprint density at radius 1 is 0.765 bits per heavy atom. The van der Waals surface area contributed by atoms with Crippen LogP contribution >= 0.6 is 0 Å². The lowest BCUT2D eigenvalue weighted by atomic mass is 10.2. The van der Waals surface area contributed by atoms with Crippen LogP contribution in [0.5, 0.6) is 0 Å². The summed E-state index contributed by atoms with van der Waals surface area (Å²) >= 11 is 0. The van der Waals surface area contributed by atoms with Gasteiger partial charge < -0.3 is 5.01 Å². The Kier molecular flexibility index (Phi) is 3.78. The summed E-state index contributed by atoms with van der Waals surface area (Å²) in [4.78, 5) is 0. The van der Waals surface area contributed by atoms with Crippen molar-refractivity contribution in [2.24, 2.45) is 0 Å². The van der Waals surface area contributed by atoms with Crippen molar-refractivity contribution in [2.75, 3.05) is 19.1 Å². The standard InChI is InChI=1S/C15H18N2/c1-16(2)17(15-11-7-4-8-12-15)13-14-9-5-3-6-10-14/h3-12H,13H2,1-2H3. The maximum Gasteiger partial charge on any atom is 0.0597 e. The number of hydrogen-bond donors (Lipinski definition) is 0. The third-order valence-corrected chi connectivity index (χ3v) is 2.71. The number of rotatable bonds is 4. The summed E-state index contributed by atoms with van der Waals surface area (Å²) in [5, 5.41) is 4.36. The van der Waals surface area contributed by atoms with Crippen LogP contribution in [0, 0.1) is 0 Å². The molecule has 0 heterocycles. The van der Waals surface area contributed by atoms with Crippen molar-refractivity contribution in [3.63, 3.8) is 0 Å². The Bertz CT molecular complexity index is 437. The highest BCUT2D eigenvalue weighted by Crippen LogP contribution is 2.17. The molecular formula is C15H18N2. The molecule has 0 fully saturated rings. The molecule has 0 saturated carbocycles. The molecule has 2 rings (SSSR count). The van der Waals surface area contributed by atoms with Gasteiger partial charge in [0.05, 0.1) is 12.2 Å². The lowest BCUT2D eigenvalue weighted by molar-refractivity contribution is 0.366. The summed E-state index contributed by atoms with van der Waals surface area (Å²) in [6.07, 6.45) is 0. The molecule has 0 atom stereocenters. The first-order chi connectivity index (χ1) is 8.27. The number of hydrogen-bond acceptors (Lipinski definition) is 2. The van der Waals surface area contributed by atoms with Gasteiger partial charge in [-0.15, -0.1) is 0 Å². The third kappa shape index (κ3) is 3.08. The van der Waals surface area contributed by atoms with E-state index in [9.17, 15) is 0 Å². The topological polar surface area (TPSA) is 6.48 Å². The second kappa shape index (κ2) is 5.51. The Morgan fingerprint density at radius 3 is 1.82 bits per heavy atom. The quantitative estimate of drug-likeness (QED) is 0.739. The lowest BCUT2D eigenvalue weighted by Crippen LogP contribution is -2.36. The normalized spacial score (nSPS) is 10.5. The van der Waals surface area contributed by atoms with Crippen LogP contribution in [0.2, 0.25) is 0 Å². The van der Waals surface area contributed by atoms with E-state index in [1.165, 1.54) is 11.3 Å². The second-order valence-electron chi connectivity index (χ2n) is 4.23. The molecule has 0 spiro atoms. The van der Waals surface area contributed by atoms with E-state index in [4.69, 9.17) is 0 Å². The highest BCUT2D eigenvalue weighted by atomic mass is 15.6. The molecule has 2 aromatic carbocycles. The third-order valence-electron chi connectivity index (χ3n) is 2.71. The molecule has 0 aromatic heterocycles. The minimum absolute atomic E-state index is 0.887. The molecule has 0 amide bonds. The number of benzene rings is 2. The van der Waals surface area contributed by atoms with E-state index in [1.807, 2.05) is 12.1 Å². The van der Waals surface area contributed by atoms with Crippen LogP contribution in [0.15, 0.2) is 60.7 Å². The van der Waals surface area contributed by atoms with Crippen molar-refractivity contribution in [3.8, 4) is 0 Å². The Labute approximate surface area is 103 Å². The van der Waals surface area contributed by atoms with Gasteiger partial charge in [0.25, 0.3) is 0 Å². The molecule has 0 bridgehead atoms. The summed E-state index contributed by atoms with van der Waals surface area (Å²) in [5.74, 6) is 0. The van der Waals surface area contributed by atoms with E-state index in [2.05, 4.69) is 72.6 Å². The number of hydrazine groups is 1. The first-order valence-corrected chi connectivity index (χ1v) is 5.81. The van der Waals surface area contributed by atoms with Gasteiger partial charge >= 0.3 is 0 Å². The molecule has 88 valence electrons. The Morgan fingerprint density at radius 2 is 1.29 bits per heavy atom. The zero-order chi connectivity index (χ0) is 12.1. The van der Waals surface area contributed by atoms with E-state index >= 15 is 0 Å². The van der Waals surface area contributed by atoms with Crippen LogP contribution in [0.25, 0.3) is 0 Å². The summed E-state index contributed by atoms with van der Waals surface area (Å²) in [7, 11) is 4.13. The molecule has 0 aliphatic heterocycles. The van der Waals surface area contributed by atoms with Gasteiger partial charge in [-0.2, -0.15) is 0 Å². The molecule has 0 aliphatic carbocycles. The first kappa shape index (κ1) is 11.7. The van der Waals surface area contributed by atoms with Gasteiger partial charge in [0.1, 0.15) is 0 Å². The van der Waals surface area contributed by atoms with E-state index < -0.39 is 0 Å². The minimum atomic E-state index is 0.887. The van der Waals surface area contributed by atoms with Gasteiger partial charge in [-0.1, -0.05) is 48.5 Å². The van der Waals surface area contributed by atoms with E-state index in [-0.39, 0.29) is 0 Å². The molecule has 2 nitrogen and oxygen atoms in total. The Balaban J connectivity index is 2.20. The molecule has 0 saturated heterocycles. The lowest BCUT2D eigenvalue weighted by Gasteiger charge is -2.31. The molecular weight excluding hydrogens is 208 g/mol. The van der Waals surface area contributed by atoms with Gasteiger partial charge in [-0.05, 0) is 17.7 Å². The van der Waals surface area contributed by atoms with Gasteiger partial charge in [0.15, 0.2) is 0 Å². The van der Waals surface area contributed by atoms with Crippen LogP contribution in [0.4, 0.5) is 5.69 Å². The van der Waals surface area contributed by atoms with Crippen LogP contribution in [0.3, 0.4) is 0 Å². The van der Waals surface area contributed by atoms with Crippen LogP contribution in [-0.2, 0) is 6.54 Å². The highest BCUT2D eigenvalue weighted by molar-refractivity contribution is 5.45. The molecule has 0 radical (unpaired) electrons. The first-order valence-electron chi connectivity index (χ1n) is 5.81. The Hall–Kier alpha value is -1.80. The molecule has 0 aliphatic rings. The van der Waals surface area contributed by atoms with Gasteiger partial charge in [-0.3, -0.25) is 0 Å². The molecule has 2 heteroatoms. The number of nitrogens with zero attached hydrogens (tertiary/aromatic N) is 2. The highest BCUT2D eigenvalue weighted by Gasteiger charge is 2.08. The SMILES string of the molecule is CN(C)N(Cc1ccccc1)c1ccccc1. The van der Waals surface area contributed by atoms with Crippen molar-refractivity contribution >= 4 is 5.69 Å². The largest absolute Gasteiger partial charge is 0.302 e. The molecule has 2 aromatic rings. The van der Waals surface area contributed by atoms with Crippen LogP contribution in [0.1, 0.15) is 5.56 Å². The summed E-state index contributed by atoms with van der Waals surface area (Å²) in [6.45, 7) is 0.887. The van der Waals surface area contributed by atoms with E-state index in [1.54, 1.807) is 0 Å². The molecule has 0 unspecified atom stereocenters. The zero-order valence-corrected chi connectivity index (χ0v) is 10.4. The van der Waals surface area contributed by atoms with Crippen molar-refractivity contribution in [1.29, 1.82) is 0 Å². The van der Waals surface area contributed by atoms with Crippen molar-refractivity contribution < 1.29 is 0 Å². The predicted molar refractivity (Wildman–Crippen MR) is 72.8 cm³/mol. The fraction of sp³-hybridized carbons (Fsp3) is 0.200. The monoisotopic (exact) mass is 226 g/mol. The summed E-state index contributed by atoms with van der Waals surface area (Å²) in [6, 6.07) is 20.9. The van der Waals surface area contributed by atoms with E-state index in [0.29, 0.717) is 0 Å². The predicted octanol–water partition coefficient (Wildman–Crippen LogP) is 3.17. The summed E-state index contributed by atoms with van der Waals surface area (Å²) < 4.78 is 0. The van der Waals surface area contributed by atoms with E-state index in [0.717, 1.165) is 6.54 Å². The van der Waals surface area contributed by atoms with Gasteiger partial charge in [0.2, 0.25) is 0 Å². The average molecular weight is 226 g/mol. The molecule has 0 N–H and O–H groups in total. The molecule has 17 heavy (non-hydrogen) atoms. The van der Waals surface area contributed by atoms with Gasteiger partial charge in [0, 0.05) is 14.1 Å². The number of para-hydroxylation sites is 1. The van der Waals surface area contributed by atoms with Crippen molar-refractivity contribution in [2.45, 2.75) is 6.54 Å². The second-order valence-corrected chi connectivity index (χ2v) is 4.23. The fourth-order valence-corrected chi connectivity index (χ4v) is 1.82. The van der Waals surface area contributed by atoms with Crippen molar-refractivity contribution in [1.82, 2.24) is 5.01 Å². The maximum atomic E-state index is 2.25.